The summed E-state index contributed by atoms with van der Waals surface area (Å²) in [6, 6.07) is 17.5. The fraction of sp³-hybridized carbons (Fsp3) is 0.167. The first kappa shape index (κ1) is 14.4. The van der Waals surface area contributed by atoms with E-state index in [1.54, 1.807) is 6.20 Å². The number of hydrogen-bond acceptors (Lipinski definition) is 3. The van der Waals surface area contributed by atoms with Crippen LogP contribution in [0.3, 0.4) is 0 Å². The molecule has 0 amide bonds. The normalized spacial score (nSPS) is 12.1. The molecule has 0 fully saturated rings. The van der Waals surface area contributed by atoms with Crippen LogP contribution in [0.25, 0.3) is 0 Å². The Hall–Kier alpha value is -2.59. The number of aryl methyl sites for hydroxylation is 1. The van der Waals surface area contributed by atoms with Crippen LogP contribution in [0.5, 0.6) is 5.75 Å². The van der Waals surface area contributed by atoms with Gasteiger partial charge in [-0.2, -0.15) is 0 Å². The molecule has 0 spiro atoms. The smallest absolute Gasteiger partial charge is 0.142 e. The number of aromatic nitrogens is 2. The summed E-state index contributed by atoms with van der Waals surface area (Å²) < 4.78 is 7.60. The molecule has 1 heterocycles. The molecule has 4 nitrogen and oxygen atoms in total. The summed E-state index contributed by atoms with van der Waals surface area (Å²) in [5, 5.41) is 10.4. The van der Waals surface area contributed by atoms with Gasteiger partial charge in [0.25, 0.3) is 0 Å². The zero-order chi connectivity index (χ0) is 15.4. The van der Waals surface area contributed by atoms with Gasteiger partial charge in [-0.25, -0.2) is 4.98 Å². The van der Waals surface area contributed by atoms with E-state index in [0.717, 1.165) is 16.9 Å². The molecule has 0 radical (unpaired) electrons. The average molecular weight is 294 g/mol. The first-order chi connectivity index (χ1) is 10.7. The zero-order valence-corrected chi connectivity index (χ0v) is 12.4. The molecule has 0 aliphatic heterocycles. The predicted octanol–water partition coefficient (Wildman–Crippen LogP) is 3.08. The molecule has 112 valence electrons. The Labute approximate surface area is 129 Å². The van der Waals surface area contributed by atoms with Crippen molar-refractivity contribution in [1.82, 2.24) is 9.55 Å². The Balaban J connectivity index is 1.74. The summed E-state index contributed by atoms with van der Waals surface area (Å²) in [5.41, 5.74) is 1.87. The van der Waals surface area contributed by atoms with Crippen molar-refractivity contribution < 1.29 is 9.84 Å². The summed E-state index contributed by atoms with van der Waals surface area (Å²) >= 11 is 0. The summed E-state index contributed by atoms with van der Waals surface area (Å²) in [4.78, 5) is 4.19. The molecule has 3 aromatic rings. The van der Waals surface area contributed by atoms with Crippen molar-refractivity contribution >= 4 is 0 Å². The number of ether oxygens (including phenoxy) is 1. The molecule has 22 heavy (non-hydrogen) atoms. The number of benzene rings is 2. The highest BCUT2D eigenvalue weighted by atomic mass is 16.5. The third-order valence-corrected chi connectivity index (χ3v) is 3.53. The van der Waals surface area contributed by atoms with Gasteiger partial charge in [0.1, 0.15) is 24.3 Å². The van der Waals surface area contributed by atoms with Crippen LogP contribution in [0.15, 0.2) is 67.0 Å². The topological polar surface area (TPSA) is 47.3 Å². The molecule has 4 heteroatoms. The monoisotopic (exact) mass is 294 g/mol. The van der Waals surface area contributed by atoms with Crippen molar-refractivity contribution in [3.05, 3.63) is 83.9 Å². The minimum absolute atomic E-state index is 0.503. The maximum Gasteiger partial charge on any atom is 0.142 e. The van der Waals surface area contributed by atoms with Gasteiger partial charge in [0, 0.05) is 19.4 Å². The molecule has 1 aromatic heterocycles. The molecule has 2 aromatic carbocycles. The lowest BCUT2D eigenvalue weighted by molar-refractivity contribution is 0.205. The lowest BCUT2D eigenvalue weighted by Crippen LogP contribution is -2.07. The molecule has 0 saturated heterocycles. The maximum atomic E-state index is 10.4. The van der Waals surface area contributed by atoms with Crippen molar-refractivity contribution in [2.75, 3.05) is 0 Å². The van der Waals surface area contributed by atoms with Gasteiger partial charge in [-0.15, -0.1) is 0 Å². The standard InChI is InChI=1S/C18H18N2O2/c1-20-11-10-19-18(20)17(21)15-8-5-9-16(12-15)22-13-14-6-3-2-4-7-14/h2-12,17,21H,13H2,1H3/t17-/m0/s1. The minimum Gasteiger partial charge on any atom is -0.489 e. The van der Waals surface area contributed by atoms with E-state index in [1.165, 1.54) is 0 Å². The Kier molecular flexibility index (Phi) is 4.21. The van der Waals surface area contributed by atoms with Crippen LogP contribution in [0, 0.1) is 0 Å². The highest BCUT2D eigenvalue weighted by molar-refractivity contribution is 5.32. The van der Waals surface area contributed by atoms with E-state index in [9.17, 15) is 5.11 Å². The van der Waals surface area contributed by atoms with Crippen LogP contribution in [0.1, 0.15) is 23.1 Å². The summed E-state index contributed by atoms with van der Waals surface area (Å²) in [6.07, 6.45) is 2.73. The minimum atomic E-state index is -0.764. The quantitative estimate of drug-likeness (QED) is 0.786. The van der Waals surface area contributed by atoms with Gasteiger partial charge < -0.3 is 14.4 Å². The molecule has 0 bridgehead atoms. The number of rotatable bonds is 5. The van der Waals surface area contributed by atoms with Crippen LogP contribution >= 0.6 is 0 Å². The second-order valence-corrected chi connectivity index (χ2v) is 5.15. The van der Waals surface area contributed by atoms with Crippen LogP contribution in [0.4, 0.5) is 0 Å². The van der Waals surface area contributed by atoms with Crippen molar-refractivity contribution in [3.63, 3.8) is 0 Å². The van der Waals surface area contributed by atoms with E-state index in [1.807, 2.05) is 72.4 Å². The van der Waals surface area contributed by atoms with Crippen LogP contribution < -0.4 is 4.74 Å². The van der Waals surface area contributed by atoms with E-state index in [4.69, 9.17) is 4.74 Å². The van der Waals surface area contributed by atoms with Gasteiger partial charge in [-0.05, 0) is 23.3 Å². The lowest BCUT2D eigenvalue weighted by Gasteiger charge is -2.13. The molecular weight excluding hydrogens is 276 g/mol. The number of nitrogens with zero attached hydrogens (tertiary/aromatic N) is 2. The number of imidazole rings is 1. The Bertz CT molecular complexity index is 738. The average Bonchev–Trinajstić information content (AvgIpc) is 2.99. The van der Waals surface area contributed by atoms with Gasteiger partial charge in [0.15, 0.2) is 0 Å². The second kappa shape index (κ2) is 6.45. The van der Waals surface area contributed by atoms with Gasteiger partial charge in [-0.3, -0.25) is 0 Å². The second-order valence-electron chi connectivity index (χ2n) is 5.15. The van der Waals surface area contributed by atoms with E-state index in [2.05, 4.69) is 4.98 Å². The molecule has 1 N–H and O–H groups in total. The zero-order valence-electron chi connectivity index (χ0n) is 12.4. The summed E-state index contributed by atoms with van der Waals surface area (Å²) in [7, 11) is 1.86. The summed E-state index contributed by atoms with van der Waals surface area (Å²) in [5.74, 6) is 1.34. The maximum absolute atomic E-state index is 10.4. The fourth-order valence-electron chi connectivity index (χ4n) is 2.31. The van der Waals surface area contributed by atoms with Crippen molar-refractivity contribution in [2.24, 2.45) is 7.05 Å². The molecule has 0 aliphatic rings. The Morgan fingerprint density at radius 1 is 1.14 bits per heavy atom. The van der Waals surface area contributed by atoms with Gasteiger partial charge in [0.05, 0.1) is 0 Å². The van der Waals surface area contributed by atoms with Crippen molar-refractivity contribution in [3.8, 4) is 5.75 Å². The fourth-order valence-corrected chi connectivity index (χ4v) is 2.31. The highest BCUT2D eigenvalue weighted by Crippen LogP contribution is 2.24. The predicted molar refractivity (Wildman–Crippen MR) is 84.5 cm³/mol. The lowest BCUT2D eigenvalue weighted by atomic mass is 10.1. The SMILES string of the molecule is Cn1ccnc1[C@@H](O)c1cccc(OCc2ccccc2)c1. The van der Waals surface area contributed by atoms with Crippen LogP contribution in [-0.2, 0) is 13.7 Å². The van der Waals surface area contributed by atoms with E-state index in [0.29, 0.717) is 12.4 Å². The molecule has 0 aliphatic carbocycles. The van der Waals surface area contributed by atoms with Crippen LogP contribution in [-0.4, -0.2) is 14.7 Å². The third kappa shape index (κ3) is 3.18. The third-order valence-electron chi connectivity index (χ3n) is 3.53. The highest BCUT2D eigenvalue weighted by Gasteiger charge is 2.15. The Morgan fingerprint density at radius 3 is 2.68 bits per heavy atom. The van der Waals surface area contributed by atoms with Gasteiger partial charge in [-0.1, -0.05) is 42.5 Å². The Morgan fingerprint density at radius 2 is 1.95 bits per heavy atom. The van der Waals surface area contributed by atoms with Gasteiger partial charge >= 0.3 is 0 Å². The number of aliphatic hydroxyl groups is 1. The van der Waals surface area contributed by atoms with Crippen molar-refractivity contribution in [1.29, 1.82) is 0 Å². The summed E-state index contributed by atoms with van der Waals surface area (Å²) in [6.45, 7) is 0.503. The first-order valence-corrected chi connectivity index (χ1v) is 7.16. The number of hydrogen-bond donors (Lipinski definition) is 1. The largest absolute Gasteiger partial charge is 0.489 e. The molecular formula is C18H18N2O2. The molecule has 3 rings (SSSR count). The molecule has 0 unspecified atom stereocenters. The van der Waals surface area contributed by atoms with Gasteiger partial charge in [0.2, 0.25) is 0 Å². The van der Waals surface area contributed by atoms with Crippen molar-refractivity contribution in [2.45, 2.75) is 12.7 Å². The first-order valence-electron chi connectivity index (χ1n) is 7.16. The molecule has 0 saturated carbocycles. The van der Waals surface area contributed by atoms with E-state index in [-0.39, 0.29) is 0 Å². The van der Waals surface area contributed by atoms with Crippen LogP contribution in [0.2, 0.25) is 0 Å². The van der Waals surface area contributed by atoms with E-state index >= 15 is 0 Å². The molecule has 1 atom stereocenters. The van der Waals surface area contributed by atoms with E-state index < -0.39 is 6.10 Å². The number of aliphatic hydroxyl groups excluding tert-OH is 1.